The van der Waals surface area contributed by atoms with Gasteiger partial charge in [-0.25, -0.2) is 4.39 Å². The third kappa shape index (κ3) is 4.07. The summed E-state index contributed by atoms with van der Waals surface area (Å²) in [6.45, 7) is 8.49. The van der Waals surface area contributed by atoms with E-state index in [2.05, 4.69) is 34.3 Å². The minimum absolute atomic E-state index is 0.127. The van der Waals surface area contributed by atoms with E-state index in [1.807, 2.05) is 13.0 Å². The van der Waals surface area contributed by atoms with Gasteiger partial charge in [0.25, 0.3) is 0 Å². The highest BCUT2D eigenvalue weighted by Gasteiger charge is 2.22. The third-order valence-electron chi connectivity index (χ3n) is 4.73. The number of aryl methyl sites for hydroxylation is 1. The van der Waals surface area contributed by atoms with Crippen LogP contribution in [0.2, 0.25) is 0 Å². The number of phenolic OH excluding ortho intramolecular Hbond substituents is 1. The summed E-state index contributed by atoms with van der Waals surface area (Å²) in [7, 11) is 0. The largest absolute Gasteiger partial charge is 0.507 e. The van der Waals surface area contributed by atoms with Crippen molar-refractivity contribution in [2.75, 3.05) is 18.4 Å². The Bertz CT molecular complexity index is 750. The maximum Gasteiger partial charge on any atom is 0.149 e. The van der Waals surface area contributed by atoms with Gasteiger partial charge >= 0.3 is 0 Å². The lowest BCUT2D eigenvalue weighted by atomic mass is 10.0. The molecular weight excluding hydrogens is 319 g/mol. The minimum atomic E-state index is -0.475. The Hall–Kier alpha value is -2.21. The minimum Gasteiger partial charge on any atom is -0.507 e. The van der Waals surface area contributed by atoms with Crippen LogP contribution in [0.25, 0.3) is 11.3 Å². The molecule has 25 heavy (non-hydrogen) atoms. The molecule has 1 saturated heterocycles. The molecule has 1 aromatic carbocycles. The normalized spacial score (nSPS) is 18.5. The van der Waals surface area contributed by atoms with Gasteiger partial charge in [-0.05, 0) is 63.9 Å². The first-order chi connectivity index (χ1) is 11.9. The number of hydrogen-bond acceptors (Lipinski definition) is 5. The molecule has 2 heterocycles. The van der Waals surface area contributed by atoms with Crippen LogP contribution in [0, 0.1) is 12.7 Å². The van der Waals surface area contributed by atoms with Gasteiger partial charge in [-0.2, -0.15) is 0 Å². The third-order valence-corrected chi connectivity index (χ3v) is 4.73. The number of nitrogens with one attached hydrogen (secondary N) is 1. The number of phenols is 1. The number of likely N-dealkylation sites (tertiary alicyclic amines) is 1. The molecule has 0 aliphatic carbocycles. The van der Waals surface area contributed by atoms with Crippen LogP contribution in [0.3, 0.4) is 0 Å². The van der Waals surface area contributed by atoms with Crippen molar-refractivity contribution in [3.63, 3.8) is 0 Å². The van der Waals surface area contributed by atoms with E-state index in [1.165, 1.54) is 18.6 Å². The van der Waals surface area contributed by atoms with Crippen molar-refractivity contribution >= 4 is 5.82 Å². The van der Waals surface area contributed by atoms with E-state index in [1.54, 1.807) is 0 Å². The lowest BCUT2D eigenvalue weighted by Crippen LogP contribution is -2.45. The zero-order valence-electron chi connectivity index (χ0n) is 15.0. The standard InChI is InChI=1S/C19H25FN4O/c1-12(2)24-8-4-5-15(11-24)21-18-9-13(3)19(23-22-18)16-7-6-14(20)10-17(16)25/h6-7,9-10,12,15,25H,4-5,8,11H2,1-3H3,(H,21,22)/t15-/m1/s1. The van der Waals surface area contributed by atoms with Gasteiger partial charge in [0.15, 0.2) is 0 Å². The quantitative estimate of drug-likeness (QED) is 0.888. The number of benzene rings is 1. The number of aromatic nitrogens is 2. The van der Waals surface area contributed by atoms with Gasteiger partial charge in [0.2, 0.25) is 0 Å². The van der Waals surface area contributed by atoms with Gasteiger partial charge in [-0.3, -0.25) is 4.90 Å². The smallest absolute Gasteiger partial charge is 0.149 e. The Morgan fingerprint density at radius 1 is 1.28 bits per heavy atom. The number of halogens is 1. The fourth-order valence-corrected chi connectivity index (χ4v) is 3.33. The molecule has 134 valence electrons. The van der Waals surface area contributed by atoms with E-state index in [0.717, 1.165) is 37.0 Å². The predicted molar refractivity (Wildman–Crippen MR) is 97.2 cm³/mol. The molecule has 1 aliphatic rings. The average Bonchev–Trinajstić information content (AvgIpc) is 2.56. The first-order valence-electron chi connectivity index (χ1n) is 8.78. The Morgan fingerprint density at radius 3 is 2.76 bits per heavy atom. The summed E-state index contributed by atoms with van der Waals surface area (Å²) >= 11 is 0. The van der Waals surface area contributed by atoms with Gasteiger partial charge in [-0.15, -0.1) is 10.2 Å². The molecule has 0 saturated carbocycles. The van der Waals surface area contributed by atoms with E-state index in [0.29, 0.717) is 23.3 Å². The maximum atomic E-state index is 13.2. The molecule has 0 amide bonds. The van der Waals surface area contributed by atoms with Crippen molar-refractivity contribution < 1.29 is 9.50 Å². The number of hydrogen-bond donors (Lipinski definition) is 2. The first kappa shape index (κ1) is 17.6. The molecule has 6 heteroatoms. The van der Waals surface area contributed by atoms with Crippen LogP contribution >= 0.6 is 0 Å². The Balaban J connectivity index is 1.76. The van der Waals surface area contributed by atoms with E-state index in [-0.39, 0.29) is 5.75 Å². The first-order valence-corrected chi connectivity index (χ1v) is 8.78. The zero-order valence-corrected chi connectivity index (χ0v) is 15.0. The molecule has 1 aliphatic heterocycles. The van der Waals surface area contributed by atoms with Crippen molar-refractivity contribution in [3.05, 3.63) is 35.6 Å². The zero-order chi connectivity index (χ0) is 18.0. The summed E-state index contributed by atoms with van der Waals surface area (Å²) in [5, 5.41) is 21.9. The monoisotopic (exact) mass is 344 g/mol. The highest BCUT2D eigenvalue weighted by molar-refractivity contribution is 5.69. The van der Waals surface area contributed by atoms with Crippen molar-refractivity contribution in [3.8, 4) is 17.0 Å². The molecule has 0 spiro atoms. The van der Waals surface area contributed by atoms with Crippen LogP contribution < -0.4 is 5.32 Å². The molecule has 5 nitrogen and oxygen atoms in total. The molecule has 2 aromatic rings. The van der Waals surface area contributed by atoms with Crippen LogP contribution in [0.4, 0.5) is 10.2 Å². The van der Waals surface area contributed by atoms with Crippen LogP contribution in [-0.4, -0.2) is 45.4 Å². The number of piperidine rings is 1. The van der Waals surface area contributed by atoms with Crippen molar-refractivity contribution in [1.82, 2.24) is 15.1 Å². The van der Waals surface area contributed by atoms with Crippen LogP contribution in [-0.2, 0) is 0 Å². The fourth-order valence-electron chi connectivity index (χ4n) is 3.33. The molecule has 1 aromatic heterocycles. The molecule has 1 fully saturated rings. The molecule has 1 atom stereocenters. The lowest BCUT2D eigenvalue weighted by molar-refractivity contribution is 0.174. The SMILES string of the molecule is Cc1cc(N[C@@H]2CCCN(C(C)C)C2)nnc1-c1ccc(F)cc1O. The number of rotatable bonds is 4. The summed E-state index contributed by atoms with van der Waals surface area (Å²) in [5.41, 5.74) is 1.94. The molecular formula is C19H25FN4O. The second-order valence-corrected chi connectivity index (χ2v) is 6.99. The Kier molecular flexibility index (Phi) is 5.18. The van der Waals surface area contributed by atoms with E-state index in [4.69, 9.17) is 0 Å². The van der Waals surface area contributed by atoms with Crippen LogP contribution in [0.1, 0.15) is 32.3 Å². The second kappa shape index (κ2) is 7.35. The highest BCUT2D eigenvalue weighted by Crippen LogP contribution is 2.30. The molecule has 2 N–H and O–H groups in total. The molecule has 0 radical (unpaired) electrons. The van der Waals surface area contributed by atoms with Gasteiger partial charge in [-0.1, -0.05) is 0 Å². The molecule has 0 unspecified atom stereocenters. The fraction of sp³-hybridized carbons (Fsp3) is 0.474. The molecule has 3 rings (SSSR count). The van der Waals surface area contributed by atoms with Gasteiger partial charge < -0.3 is 10.4 Å². The van der Waals surface area contributed by atoms with E-state index >= 15 is 0 Å². The average molecular weight is 344 g/mol. The van der Waals surface area contributed by atoms with Crippen LogP contribution in [0.5, 0.6) is 5.75 Å². The van der Waals surface area contributed by atoms with Gasteiger partial charge in [0.05, 0.1) is 5.69 Å². The van der Waals surface area contributed by atoms with E-state index < -0.39 is 5.82 Å². The maximum absolute atomic E-state index is 13.2. The predicted octanol–water partition coefficient (Wildman–Crippen LogP) is 3.58. The van der Waals surface area contributed by atoms with Crippen LogP contribution in [0.15, 0.2) is 24.3 Å². The number of anilines is 1. The summed E-state index contributed by atoms with van der Waals surface area (Å²) in [4.78, 5) is 2.46. The van der Waals surface area contributed by atoms with Gasteiger partial charge in [0.1, 0.15) is 17.4 Å². The van der Waals surface area contributed by atoms with Gasteiger partial charge in [0, 0.05) is 30.3 Å². The summed E-state index contributed by atoms with van der Waals surface area (Å²) in [6, 6.07) is 6.75. The number of aromatic hydroxyl groups is 1. The molecule has 0 bridgehead atoms. The van der Waals surface area contributed by atoms with Crippen molar-refractivity contribution in [1.29, 1.82) is 0 Å². The Labute approximate surface area is 147 Å². The summed E-state index contributed by atoms with van der Waals surface area (Å²) < 4.78 is 13.2. The number of nitrogens with zero attached hydrogens (tertiary/aromatic N) is 3. The highest BCUT2D eigenvalue weighted by atomic mass is 19.1. The summed E-state index contributed by atoms with van der Waals surface area (Å²) in [5.74, 6) is 0.133. The lowest BCUT2D eigenvalue weighted by Gasteiger charge is -2.35. The topological polar surface area (TPSA) is 61.3 Å². The Morgan fingerprint density at radius 2 is 2.08 bits per heavy atom. The van der Waals surface area contributed by atoms with Crippen molar-refractivity contribution in [2.45, 2.75) is 45.7 Å². The van der Waals surface area contributed by atoms with E-state index in [9.17, 15) is 9.50 Å². The van der Waals surface area contributed by atoms with Crippen molar-refractivity contribution in [2.24, 2.45) is 0 Å². The second-order valence-electron chi connectivity index (χ2n) is 6.99. The summed E-state index contributed by atoms with van der Waals surface area (Å²) in [6.07, 6.45) is 2.29.